The minimum absolute atomic E-state index is 0.0950. The maximum atomic E-state index is 12.8. The zero-order valence-electron chi connectivity index (χ0n) is 42.7. The summed E-state index contributed by atoms with van der Waals surface area (Å²) in [5, 5.41) is 0. The van der Waals surface area contributed by atoms with Crippen LogP contribution in [0.25, 0.3) is 0 Å². The Kier molecular flexibility index (Phi) is 50.5. The van der Waals surface area contributed by atoms with Gasteiger partial charge in [-0.25, -0.2) is 0 Å². The minimum atomic E-state index is -0.798. The molecule has 0 heterocycles. The van der Waals surface area contributed by atoms with Crippen molar-refractivity contribution in [2.45, 2.75) is 239 Å². The summed E-state index contributed by atoms with van der Waals surface area (Å²) in [5.74, 6) is -0.938. The molecule has 0 saturated carbocycles. The summed E-state index contributed by atoms with van der Waals surface area (Å²) in [4.78, 5) is 38.1. The van der Waals surface area contributed by atoms with Gasteiger partial charge in [-0.3, -0.25) is 14.4 Å². The zero-order valence-corrected chi connectivity index (χ0v) is 42.7. The summed E-state index contributed by atoms with van der Waals surface area (Å²) in [5.41, 5.74) is 0. The molecule has 0 N–H and O–H groups in total. The van der Waals surface area contributed by atoms with Crippen LogP contribution in [0.15, 0.2) is 109 Å². The summed E-state index contributed by atoms with van der Waals surface area (Å²) in [7, 11) is 0. The molecule has 0 spiro atoms. The van der Waals surface area contributed by atoms with Gasteiger partial charge in [0.25, 0.3) is 0 Å². The van der Waals surface area contributed by atoms with Crippen LogP contribution in [-0.4, -0.2) is 37.2 Å². The standard InChI is InChI=1S/C60H98O6/c1-4-7-10-13-16-19-22-25-28-29-30-31-33-35-38-41-44-47-50-53-59(62)65-56-57(55-64-58(61)52-49-46-43-40-37-34-27-24-21-18-15-12-9-6-3)66-60(63)54-51-48-45-42-39-36-32-26-23-20-17-14-11-8-5-2/h7-12,14,16-21,23,25,27-28,34,57H,4-6,13,15,22,24,26,29-33,35-56H2,1-3H3/b10-7-,11-8-,12-9-,17-14-,19-16-,21-18-,23-20-,28-25-,34-27-. The van der Waals surface area contributed by atoms with Gasteiger partial charge in [-0.2, -0.15) is 0 Å². The molecule has 6 heteroatoms. The molecule has 1 atom stereocenters. The number of carbonyl (C=O) groups is 3. The van der Waals surface area contributed by atoms with E-state index in [1.165, 1.54) is 64.2 Å². The molecule has 0 rings (SSSR count). The molecule has 66 heavy (non-hydrogen) atoms. The molecule has 0 aromatic carbocycles. The van der Waals surface area contributed by atoms with E-state index in [1.807, 2.05) is 0 Å². The molecule has 0 aromatic rings. The fourth-order valence-corrected chi connectivity index (χ4v) is 7.12. The minimum Gasteiger partial charge on any atom is -0.462 e. The van der Waals surface area contributed by atoms with Crippen molar-refractivity contribution in [3.05, 3.63) is 109 Å². The highest BCUT2D eigenvalue weighted by Crippen LogP contribution is 2.14. The van der Waals surface area contributed by atoms with Crippen molar-refractivity contribution < 1.29 is 28.6 Å². The number of hydrogen-bond donors (Lipinski definition) is 0. The Morgan fingerprint density at radius 2 is 0.621 bits per heavy atom. The van der Waals surface area contributed by atoms with E-state index in [2.05, 4.69) is 130 Å². The Bertz CT molecular complexity index is 1370. The highest BCUT2D eigenvalue weighted by Gasteiger charge is 2.19. The van der Waals surface area contributed by atoms with Gasteiger partial charge in [0.1, 0.15) is 13.2 Å². The fourth-order valence-electron chi connectivity index (χ4n) is 7.12. The second-order valence-corrected chi connectivity index (χ2v) is 17.4. The van der Waals surface area contributed by atoms with Crippen LogP contribution in [-0.2, 0) is 28.6 Å². The van der Waals surface area contributed by atoms with E-state index in [1.54, 1.807) is 0 Å². The predicted octanol–water partition coefficient (Wildman–Crippen LogP) is 17.9. The summed E-state index contributed by atoms with van der Waals surface area (Å²) < 4.78 is 16.8. The van der Waals surface area contributed by atoms with Gasteiger partial charge in [0.15, 0.2) is 6.10 Å². The smallest absolute Gasteiger partial charge is 0.306 e. The van der Waals surface area contributed by atoms with Crippen molar-refractivity contribution in [1.82, 2.24) is 0 Å². The number of carbonyl (C=O) groups excluding carboxylic acids is 3. The van der Waals surface area contributed by atoms with Crippen molar-refractivity contribution in [3.8, 4) is 0 Å². The molecule has 0 aliphatic rings. The molecule has 0 amide bonds. The number of rotatable bonds is 47. The van der Waals surface area contributed by atoms with Crippen LogP contribution in [0, 0.1) is 0 Å². The van der Waals surface area contributed by atoms with Crippen molar-refractivity contribution in [2.24, 2.45) is 0 Å². The average Bonchev–Trinajstić information content (AvgIpc) is 3.31. The maximum Gasteiger partial charge on any atom is 0.306 e. The molecule has 0 saturated heterocycles. The SMILES string of the molecule is CC\C=C/C=C\C=C/CCCCCCCCCC(=O)OC(COC(=O)CCCCCC/C=C\C/C=C\C/C=C\CC)COC(=O)CCCCCCCCCCC/C=C\C/C=C\C/C=C\CC. The Morgan fingerprint density at radius 3 is 1.02 bits per heavy atom. The molecular weight excluding hydrogens is 817 g/mol. The van der Waals surface area contributed by atoms with Crippen LogP contribution in [0.3, 0.4) is 0 Å². The second kappa shape index (κ2) is 53.7. The van der Waals surface area contributed by atoms with Gasteiger partial charge in [-0.05, 0) is 103 Å². The lowest BCUT2D eigenvalue weighted by Gasteiger charge is -2.18. The Labute approximate surface area is 406 Å². The maximum absolute atomic E-state index is 12.8. The quantitative estimate of drug-likeness (QED) is 0.0199. The fraction of sp³-hybridized carbons (Fsp3) is 0.650. The van der Waals surface area contributed by atoms with Gasteiger partial charge in [0.05, 0.1) is 0 Å². The summed E-state index contributed by atoms with van der Waals surface area (Å²) in [6, 6.07) is 0. The topological polar surface area (TPSA) is 78.9 Å². The van der Waals surface area contributed by atoms with E-state index >= 15 is 0 Å². The molecule has 0 aromatic heterocycles. The predicted molar refractivity (Wildman–Crippen MR) is 283 cm³/mol. The molecule has 0 aliphatic heterocycles. The lowest BCUT2D eigenvalue weighted by Crippen LogP contribution is -2.30. The summed E-state index contributed by atoms with van der Waals surface area (Å²) in [6.45, 7) is 6.25. The van der Waals surface area contributed by atoms with Crippen LogP contribution < -0.4 is 0 Å². The monoisotopic (exact) mass is 915 g/mol. The molecule has 0 aliphatic carbocycles. The average molecular weight is 915 g/mol. The molecule has 1 unspecified atom stereocenters. The van der Waals surface area contributed by atoms with E-state index in [0.717, 1.165) is 128 Å². The number of hydrogen-bond acceptors (Lipinski definition) is 6. The number of ether oxygens (including phenoxy) is 3. The van der Waals surface area contributed by atoms with Crippen molar-refractivity contribution in [3.63, 3.8) is 0 Å². The largest absolute Gasteiger partial charge is 0.462 e. The lowest BCUT2D eigenvalue weighted by molar-refractivity contribution is -0.167. The molecule has 374 valence electrons. The first-order valence-electron chi connectivity index (χ1n) is 26.9. The Hall–Kier alpha value is -3.93. The zero-order chi connectivity index (χ0) is 47.9. The first-order valence-corrected chi connectivity index (χ1v) is 26.9. The first kappa shape index (κ1) is 62.1. The summed E-state index contributed by atoms with van der Waals surface area (Å²) in [6.07, 6.45) is 72.1. The van der Waals surface area contributed by atoms with Crippen molar-refractivity contribution in [1.29, 1.82) is 0 Å². The third-order valence-electron chi connectivity index (χ3n) is 11.1. The highest BCUT2D eigenvalue weighted by atomic mass is 16.6. The molecule has 0 fully saturated rings. The number of allylic oxidation sites excluding steroid dienone is 18. The van der Waals surface area contributed by atoms with Gasteiger partial charge < -0.3 is 14.2 Å². The van der Waals surface area contributed by atoms with E-state index in [0.29, 0.717) is 19.3 Å². The third kappa shape index (κ3) is 51.1. The van der Waals surface area contributed by atoms with Gasteiger partial charge >= 0.3 is 17.9 Å². The molecular formula is C60H98O6. The van der Waals surface area contributed by atoms with E-state index in [-0.39, 0.29) is 31.1 Å². The van der Waals surface area contributed by atoms with Crippen LogP contribution in [0.4, 0.5) is 0 Å². The third-order valence-corrected chi connectivity index (χ3v) is 11.1. The highest BCUT2D eigenvalue weighted by molar-refractivity contribution is 5.71. The van der Waals surface area contributed by atoms with E-state index in [4.69, 9.17) is 14.2 Å². The molecule has 6 nitrogen and oxygen atoms in total. The normalized spacial score (nSPS) is 13.0. The van der Waals surface area contributed by atoms with Gasteiger partial charge in [-0.1, -0.05) is 220 Å². The molecule has 0 bridgehead atoms. The number of esters is 3. The van der Waals surface area contributed by atoms with Crippen LogP contribution in [0.2, 0.25) is 0 Å². The summed E-state index contributed by atoms with van der Waals surface area (Å²) >= 11 is 0. The Morgan fingerprint density at radius 1 is 0.318 bits per heavy atom. The van der Waals surface area contributed by atoms with E-state index < -0.39 is 6.10 Å². The number of unbranched alkanes of at least 4 members (excludes halogenated alkanes) is 20. The lowest BCUT2D eigenvalue weighted by atomic mass is 10.1. The van der Waals surface area contributed by atoms with Crippen molar-refractivity contribution in [2.75, 3.05) is 13.2 Å². The second-order valence-electron chi connectivity index (χ2n) is 17.4. The van der Waals surface area contributed by atoms with Gasteiger partial charge in [0, 0.05) is 19.3 Å². The van der Waals surface area contributed by atoms with Crippen molar-refractivity contribution >= 4 is 17.9 Å². The first-order chi connectivity index (χ1) is 32.5. The van der Waals surface area contributed by atoms with Gasteiger partial charge in [-0.15, -0.1) is 0 Å². The van der Waals surface area contributed by atoms with Gasteiger partial charge in [0.2, 0.25) is 0 Å². The Balaban J connectivity index is 4.43. The van der Waals surface area contributed by atoms with Crippen LogP contribution in [0.5, 0.6) is 0 Å². The van der Waals surface area contributed by atoms with Crippen LogP contribution in [0.1, 0.15) is 233 Å². The van der Waals surface area contributed by atoms with Crippen LogP contribution >= 0.6 is 0 Å². The van der Waals surface area contributed by atoms with E-state index in [9.17, 15) is 14.4 Å². The molecule has 0 radical (unpaired) electrons.